The normalized spacial score (nSPS) is 15.9. The number of ether oxygens (including phenoxy) is 3. The highest BCUT2D eigenvalue weighted by Crippen LogP contribution is 2.34. The highest BCUT2D eigenvalue weighted by molar-refractivity contribution is 5.90. The number of fused-ring (bicyclic) bond motifs is 1. The van der Waals surface area contributed by atoms with Crippen LogP contribution in [0, 0.1) is 5.92 Å². The second kappa shape index (κ2) is 9.93. The van der Waals surface area contributed by atoms with E-state index in [1.807, 2.05) is 6.07 Å². The fourth-order valence-corrected chi connectivity index (χ4v) is 3.75. The number of hydrogen-bond acceptors (Lipinski definition) is 4. The Morgan fingerprint density at radius 1 is 1.04 bits per heavy atom. The van der Waals surface area contributed by atoms with Gasteiger partial charge in [-0.3, -0.25) is 0 Å². The highest BCUT2D eigenvalue weighted by Gasteiger charge is 2.17. The molecule has 27 heavy (non-hydrogen) atoms. The second-order valence-corrected chi connectivity index (χ2v) is 7.93. The number of rotatable bonds is 8. The van der Waals surface area contributed by atoms with E-state index in [0.717, 1.165) is 47.4 Å². The van der Waals surface area contributed by atoms with Gasteiger partial charge in [0.2, 0.25) is 0 Å². The fourth-order valence-electron chi connectivity index (χ4n) is 3.75. The number of pyridine rings is 1. The Kier molecular flexibility index (Phi) is 7.33. The summed E-state index contributed by atoms with van der Waals surface area (Å²) < 4.78 is 17.6. The van der Waals surface area contributed by atoms with Gasteiger partial charge in [-0.05, 0) is 50.2 Å². The van der Waals surface area contributed by atoms with Crippen molar-refractivity contribution in [3.05, 3.63) is 30.0 Å². The first-order valence-electron chi connectivity index (χ1n) is 10.4. The van der Waals surface area contributed by atoms with Crippen LogP contribution < -0.4 is 9.47 Å². The molecule has 2 aromatic rings. The molecule has 0 spiro atoms. The number of methoxy groups -OCH3 is 1. The van der Waals surface area contributed by atoms with Crippen molar-refractivity contribution in [3.63, 3.8) is 0 Å². The van der Waals surface area contributed by atoms with Crippen molar-refractivity contribution in [1.29, 1.82) is 0 Å². The van der Waals surface area contributed by atoms with Gasteiger partial charge >= 0.3 is 0 Å². The molecule has 1 aromatic heterocycles. The summed E-state index contributed by atoms with van der Waals surface area (Å²) in [5, 5.41) is 1.02. The summed E-state index contributed by atoms with van der Waals surface area (Å²) in [5.74, 6) is 2.30. The molecule has 3 rings (SSSR count). The van der Waals surface area contributed by atoms with Gasteiger partial charge in [-0.15, -0.1) is 0 Å². The van der Waals surface area contributed by atoms with Crippen LogP contribution in [0.1, 0.15) is 58.1 Å². The average Bonchev–Trinajstić information content (AvgIpc) is 2.91. The Balaban J connectivity index is 1.93. The summed E-state index contributed by atoms with van der Waals surface area (Å²) in [5.41, 5.74) is 1.98. The molecule has 0 bridgehead atoms. The molecule has 0 unspecified atom stereocenters. The Labute approximate surface area is 163 Å². The van der Waals surface area contributed by atoms with E-state index in [-0.39, 0.29) is 0 Å². The SMILES string of the molecule is COCCOc1cc(CC(C)C)nc2c(OC3CCCCCC3)cccc12. The zero-order valence-corrected chi connectivity index (χ0v) is 17.0. The van der Waals surface area contributed by atoms with Crippen LogP contribution in [0.3, 0.4) is 0 Å². The monoisotopic (exact) mass is 371 g/mol. The van der Waals surface area contributed by atoms with Gasteiger partial charge in [0.05, 0.1) is 12.7 Å². The predicted octanol–water partition coefficient (Wildman–Crippen LogP) is 5.56. The van der Waals surface area contributed by atoms with Gasteiger partial charge in [0.1, 0.15) is 23.6 Å². The van der Waals surface area contributed by atoms with Gasteiger partial charge in [-0.1, -0.05) is 32.8 Å². The van der Waals surface area contributed by atoms with Gasteiger partial charge in [0.25, 0.3) is 0 Å². The van der Waals surface area contributed by atoms with Crippen molar-refractivity contribution in [3.8, 4) is 11.5 Å². The van der Waals surface area contributed by atoms with Crippen molar-refractivity contribution >= 4 is 10.9 Å². The van der Waals surface area contributed by atoms with E-state index in [9.17, 15) is 0 Å². The van der Waals surface area contributed by atoms with E-state index in [2.05, 4.69) is 32.0 Å². The standard InChI is InChI=1S/C23H33NO3/c1-17(2)15-18-16-22(26-14-13-25-3)20-11-8-12-21(23(20)24-18)27-19-9-6-4-5-7-10-19/h8,11-12,16-17,19H,4-7,9-10,13-15H2,1-3H3. The van der Waals surface area contributed by atoms with Crippen molar-refractivity contribution in [2.75, 3.05) is 20.3 Å². The van der Waals surface area contributed by atoms with Crippen molar-refractivity contribution in [1.82, 2.24) is 4.98 Å². The van der Waals surface area contributed by atoms with Crippen LogP contribution in [-0.4, -0.2) is 31.4 Å². The summed E-state index contributed by atoms with van der Waals surface area (Å²) in [6.07, 6.45) is 8.66. The van der Waals surface area contributed by atoms with E-state index < -0.39 is 0 Å². The maximum atomic E-state index is 6.45. The molecule has 0 radical (unpaired) electrons. The summed E-state index contributed by atoms with van der Waals surface area (Å²) in [7, 11) is 1.69. The summed E-state index contributed by atoms with van der Waals surface area (Å²) >= 11 is 0. The first-order chi connectivity index (χ1) is 13.2. The van der Waals surface area contributed by atoms with Crippen LogP contribution >= 0.6 is 0 Å². The third-order valence-corrected chi connectivity index (χ3v) is 5.08. The molecular weight excluding hydrogens is 338 g/mol. The lowest BCUT2D eigenvalue weighted by atomic mass is 10.1. The lowest BCUT2D eigenvalue weighted by Crippen LogP contribution is -2.15. The number of nitrogens with zero attached hydrogens (tertiary/aromatic N) is 1. The van der Waals surface area contributed by atoms with E-state index in [1.165, 1.54) is 25.7 Å². The van der Waals surface area contributed by atoms with E-state index >= 15 is 0 Å². The Bertz CT molecular complexity index is 721. The molecule has 0 atom stereocenters. The first-order valence-corrected chi connectivity index (χ1v) is 10.4. The zero-order valence-electron chi connectivity index (χ0n) is 17.0. The van der Waals surface area contributed by atoms with Gasteiger partial charge in [-0.2, -0.15) is 0 Å². The van der Waals surface area contributed by atoms with Crippen LogP contribution in [0.25, 0.3) is 10.9 Å². The van der Waals surface area contributed by atoms with Crippen LogP contribution in [0.2, 0.25) is 0 Å². The van der Waals surface area contributed by atoms with Gasteiger partial charge in [0.15, 0.2) is 0 Å². The third kappa shape index (κ3) is 5.58. The highest BCUT2D eigenvalue weighted by atomic mass is 16.5. The number of benzene rings is 1. The Morgan fingerprint density at radius 2 is 1.81 bits per heavy atom. The lowest BCUT2D eigenvalue weighted by molar-refractivity contribution is 0.147. The molecule has 1 aromatic carbocycles. The molecule has 1 aliphatic carbocycles. The molecule has 1 saturated carbocycles. The molecule has 4 heteroatoms. The van der Waals surface area contributed by atoms with Crippen molar-refractivity contribution in [2.45, 2.75) is 64.9 Å². The minimum absolute atomic E-state index is 0.298. The second-order valence-electron chi connectivity index (χ2n) is 7.93. The molecular formula is C23H33NO3. The van der Waals surface area contributed by atoms with Crippen LogP contribution in [0.15, 0.2) is 24.3 Å². The lowest BCUT2D eigenvalue weighted by Gasteiger charge is -2.19. The minimum atomic E-state index is 0.298. The molecule has 0 N–H and O–H groups in total. The van der Waals surface area contributed by atoms with Gasteiger partial charge < -0.3 is 14.2 Å². The Hall–Kier alpha value is -1.81. The molecule has 1 fully saturated rings. The number of hydrogen-bond donors (Lipinski definition) is 0. The topological polar surface area (TPSA) is 40.6 Å². The van der Waals surface area contributed by atoms with Gasteiger partial charge in [0, 0.05) is 24.3 Å². The Morgan fingerprint density at radius 3 is 2.52 bits per heavy atom. The summed E-state index contributed by atoms with van der Waals surface area (Å²) in [6, 6.07) is 8.25. The van der Waals surface area contributed by atoms with Gasteiger partial charge in [-0.25, -0.2) is 4.98 Å². The van der Waals surface area contributed by atoms with Crippen LogP contribution in [0.5, 0.6) is 11.5 Å². The molecule has 4 nitrogen and oxygen atoms in total. The molecule has 148 valence electrons. The average molecular weight is 372 g/mol. The van der Waals surface area contributed by atoms with E-state index in [1.54, 1.807) is 7.11 Å². The van der Waals surface area contributed by atoms with Crippen LogP contribution in [0.4, 0.5) is 0 Å². The predicted molar refractivity (Wildman–Crippen MR) is 110 cm³/mol. The summed E-state index contributed by atoms with van der Waals surface area (Å²) in [6.45, 7) is 5.53. The molecule has 0 amide bonds. The molecule has 1 aliphatic rings. The number of para-hydroxylation sites is 1. The molecule has 0 aliphatic heterocycles. The van der Waals surface area contributed by atoms with E-state index in [4.69, 9.17) is 19.2 Å². The smallest absolute Gasteiger partial charge is 0.146 e. The quantitative estimate of drug-likeness (QED) is 0.450. The minimum Gasteiger partial charge on any atom is -0.490 e. The molecule has 0 saturated heterocycles. The first kappa shape index (κ1) is 19.9. The van der Waals surface area contributed by atoms with Crippen molar-refractivity contribution in [2.24, 2.45) is 5.92 Å². The maximum Gasteiger partial charge on any atom is 0.146 e. The number of aromatic nitrogens is 1. The van der Waals surface area contributed by atoms with Crippen LogP contribution in [-0.2, 0) is 11.2 Å². The summed E-state index contributed by atoms with van der Waals surface area (Å²) in [4.78, 5) is 4.96. The molecule has 1 heterocycles. The zero-order chi connectivity index (χ0) is 19.1. The fraction of sp³-hybridized carbons (Fsp3) is 0.609. The van der Waals surface area contributed by atoms with Crippen molar-refractivity contribution < 1.29 is 14.2 Å². The third-order valence-electron chi connectivity index (χ3n) is 5.08. The largest absolute Gasteiger partial charge is 0.490 e. The van der Waals surface area contributed by atoms with E-state index in [0.29, 0.717) is 25.2 Å². The maximum absolute atomic E-state index is 6.45.